The molecule has 2 unspecified atom stereocenters. The minimum absolute atomic E-state index is 0.335. The molecule has 0 amide bonds. The zero-order valence-electron chi connectivity index (χ0n) is 13.8. The van der Waals surface area contributed by atoms with Gasteiger partial charge < -0.3 is 9.47 Å². The number of nitrogens with zero attached hydrogens (tertiary/aromatic N) is 1. The number of rotatable bonds is 4. The molecule has 23 heavy (non-hydrogen) atoms. The van der Waals surface area contributed by atoms with Gasteiger partial charge in [-0.1, -0.05) is 44.2 Å². The van der Waals surface area contributed by atoms with Crippen molar-refractivity contribution in [2.24, 2.45) is 0 Å². The monoisotopic (exact) mass is 309 g/mol. The molecule has 0 saturated heterocycles. The second-order valence-electron chi connectivity index (χ2n) is 6.27. The van der Waals surface area contributed by atoms with Gasteiger partial charge in [-0.05, 0) is 48.3 Å². The van der Waals surface area contributed by atoms with E-state index in [1.165, 1.54) is 16.7 Å². The summed E-state index contributed by atoms with van der Waals surface area (Å²) in [7, 11) is 0. The van der Waals surface area contributed by atoms with Gasteiger partial charge in [0.15, 0.2) is 11.5 Å². The van der Waals surface area contributed by atoms with Crippen LogP contribution < -0.4 is 9.47 Å². The van der Waals surface area contributed by atoms with Gasteiger partial charge in [-0.15, -0.1) is 0 Å². The molecule has 0 N–H and O–H groups in total. The van der Waals surface area contributed by atoms with E-state index in [0.29, 0.717) is 18.8 Å². The molecule has 120 valence electrons. The van der Waals surface area contributed by atoms with Gasteiger partial charge in [-0.2, -0.15) is 0 Å². The van der Waals surface area contributed by atoms with Crippen molar-refractivity contribution >= 4 is 0 Å². The summed E-state index contributed by atoms with van der Waals surface area (Å²) in [5.41, 5.74) is 4.28. The average Bonchev–Trinajstić information content (AvgIpc) is 3.20. The van der Waals surface area contributed by atoms with E-state index in [1.54, 1.807) is 0 Å². The van der Waals surface area contributed by atoms with Crippen molar-refractivity contribution in [1.29, 1.82) is 0 Å². The number of benzene rings is 2. The maximum absolute atomic E-state index is 5.57. The predicted molar refractivity (Wildman–Crippen MR) is 91.1 cm³/mol. The van der Waals surface area contributed by atoms with Gasteiger partial charge in [0.25, 0.3) is 0 Å². The highest BCUT2D eigenvalue weighted by Gasteiger charge is 2.34. The third-order valence-corrected chi connectivity index (χ3v) is 5.24. The molecule has 2 aromatic carbocycles. The molecule has 1 aliphatic carbocycles. The summed E-state index contributed by atoms with van der Waals surface area (Å²) in [4.78, 5) is 2.56. The maximum Gasteiger partial charge on any atom is 0.231 e. The summed E-state index contributed by atoms with van der Waals surface area (Å²) in [5.74, 6) is 2.18. The molecule has 2 aromatic rings. The van der Waals surface area contributed by atoms with Crippen LogP contribution in [-0.2, 0) is 0 Å². The Bertz CT molecular complexity index is 709. The fourth-order valence-corrected chi connectivity index (χ4v) is 4.06. The quantitative estimate of drug-likeness (QED) is 0.839. The first-order valence-electron chi connectivity index (χ1n) is 8.54. The fraction of sp³-hybridized carbons (Fsp3) is 0.400. The lowest BCUT2D eigenvalue weighted by molar-refractivity contribution is 0.174. The Morgan fingerprint density at radius 3 is 2.48 bits per heavy atom. The third-order valence-electron chi connectivity index (χ3n) is 5.24. The lowest BCUT2D eigenvalue weighted by Crippen LogP contribution is -2.27. The van der Waals surface area contributed by atoms with E-state index < -0.39 is 0 Å². The van der Waals surface area contributed by atoms with E-state index in [1.807, 2.05) is 6.07 Å². The van der Waals surface area contributed by atoms with Gasteiger partial charge in [0.2, 0.25) is 6.79 Å². The van der Waals surface area contributed by atoms with Crippen molar-refractivity contribution in [3.8, 4) is 11.5 Å². The van der Waals surface area contributed by atoms with Crippen molar-refractivity contribution in [1.82, 2.24) is 4.90 Å². The van der Waals surface area contributed by atoms with Crippen molar-refractivity contribution in [2.75, 3.05) is 19.9 Å². The molecule has 0 spiro atoms. The molecule has 3 heteroatoms. The third kappa shape index (κ3) is 2.40. The molecular formula is C20H23NO2. The second-order valence-corrected chi connectivity index (χ2v) is 6.27. The molecule has 3 nitrogen and oxygen atoms in total. The van der Waals surface area contributed by atoms with Crippen molar-refractivity contribution in [2.45, 2.75) is 32.2 Å². The molecule has 2 atom stereocenters. The summed E-state index contributed by atoms with van der Waals surface area (Å²) in [6, 6.07) is 15.8. The summed E-state index contributed by atoms with van der Waals surface area (Å²) in [6.07, 6.45) is 1.14. The molecule has 1 aliphatic heterocycles. The maximum atomic E-state index is 5.57. The lowest BCUT2D eigenvalue weighted by Gasteiger charge is -2.27. The van der Waals surface area contributed by atoms with E-state index in [9.17, 15) is 0 Å². The standard InChI is InChI=1S/C20H23NO2/c1-3-21(4-2)18-12-17(15-7-5-6-8-16(15)18)14-9-10-19-20(11-14)23-13-22-19/h5-11,17-18H,3-4,12-13H2,1-2H3. The van der Waals surface area contributed by atoms with Crippen LogP contribution in [-0.4, -0.2) is 24.8 Å². The average molecular weight is 309 g/mol. The van der Waals surface area contributed by atoms with Gasteiger partial charge in [-0.25, -0.2) is 0 Å². The van der Waals surface area contributed by atoms with E-state index in [2.05, 4.69) is 55.1 Å². The largest absolute Gasteiger partial charge is 0.454 e. The first kappa shape index (κ1) is 14.6. The Hall–Kier alpha value is -2.00. The van der Waals surface area contributed by atoms with E-state index in [4.69, 9.17) is 9.47 Å². The van der Waals surface area contributed by atoms with Crippen LogP contribution in [0.2, 0.25) is 0 Å². The first-order valence-corrected chi connectivity index (χ1v) is 8.54. The SMILES string of the molecule is CCN(CC)C1CC(c2ccc3c(c2)OCO3)c2ccccc21. The van der Waals surface area contributed by atoms with E-state index in [-0.39, 0.29) is 0 Å². The first-order chi connectivity index (χ1) is 11.3. The summed E-state index contributed by atoms with van der Waals surface area (Å²) in [6.45, 7) is 7.01. The molecule has 0 fully saturated rings. The molecule has 0 saturated carbocycles. The molecule has 0 radical (unpaired) electrons. The van der Waals surface area contributed by atoms with Gasteiger partial charge in [0, 0.05) is 12.0 Å². The Morgan fingerprint density at radius 1 is 0.957 bits per heavy atom. The smallest absolute Gasteiger partial charge is 0.231 e. The van der Waals surface area contributed by atoms with Crippen LogP contribution in [0, 0.1) is 0 Å². The molecule has 2 aliphatic rings. The van der Waals surface area contributed by atoms with Crippen molar-refractivity contribution in [3.63, 3.8) is 0 Å². The minimum atomic E-state index is 0.335. The Labute approximate surface area is 137 Å². The van der Waals surface area contributed by atoms with Gasteiger partial charge in [-0.3, -0.25) is 4.90 Å². The van der Waals surface area contributed by atoms with E-state index >= 15 is 0 Å². The molecule has 4 rings (SSSR count). The summed E-state index contributed by atoms with van der Waals surface area (Å²) >= 11 is 0. The highest BCUT2D eigenvalue weighted by molar-refractivity contribution is 5.50. The second kappa shape index (κ2) is 5.89. The molecule has 0 aromatic heterocycles. The number of hydrogen-bond donors (Lipinski definition) is 0. The van der Waals surface area contributed by atoms with Gasteiger partial charge in [0.05, 0.1) is 0 Å². The highest BCUT2D eigenvalue weighted by atomic mass is 16.7. The van der Waals surface area contributed by atoms with Crippen LogP contribution in [0.15, 0.2) is 42.5 Å². The fourth-order valence-electron chi connectivity index (χ4n) is 4.06. The molecule has 1 heterocycles. The van der Waals surface area contributed by atoms with Crippen LogP contribution in [0.3, 0.4) is 0 Å². The van der Waals surface area contributed by atoms with Crippen LogP contribution in [0.1, 0.15) is 48.9 Å². The predicted octanol–water partition coefficient (Wildman–Crippen LogP) is 4.33. The Kier molecular flexibility index (Phi) is 3.74. The Balaban J connectivity index is 1.73. The van der Waals surface area contributed by atoms with Crippen molar-refractivity contribution in [3.05, 3.63) is 59.2 Å². The lowest BCUT2D eigenvalue weighted by atomic mass is 9.92. The summed E-state index contributed by atoms with van der Waals surface area (Å²) in [5, 5.41) is 0. The number of hydrogen-bond acceptors (Lipinski definition) is 3. The topological polar surface area (TPSA) is 21.7 Å². The number of fused-ring (bicyclic) bond motifs is 2. The normalized spacial score (nSPS) is 21.7. The minimum Gasteiger partial charge on any atom is -0.454 e. The highest BCUT2D eigenvalue weighted by Crippen LogP contribution is 2.48. The van der Waals surface area contributed by atoms with Crippen LogP contribution >= 0.6 is 0 Å². The van der Waals surface area contributed by atoms with Crippen molar-refractivity contribution < 1.29 is 9.47 Å². The van der Waals surface area contributed by atoms with Gasteiger partial charge in [0.1, 0.15) is 0 Å². The van der Waals surface area contributed by atoms with Crippen LogP contribution in [0.4, 0.5) is 0 Å². The summed E-state index contributed by atoms with van der Waals surface area (Å²) < 4.78 is 11.0. The molecule has 0 bridgehead atoms. The van der Waals surface area contributed by atoms with E-state index in [0.717, 1.165) is 31.0 Å². The zero-order valence-corrected chi connectivity index (χ0v) is 13.8. The van der Waals surface area contributed by atoms with Crippen LogP contribution in [0.5, 0.6) is 11.5 Å². The Morgan fingerprint density at radius 2 is 1.70 bits per heavy atom. The zero-order chi connectivity index (χ0) is 15.8. The van der Waals surface area contributed by atoms with Gasteiger partial charge >= 0.3 is 0 Å². The number of ether oxygens (including phenoxy) is 2. The molecular weight excluding hydrogens is 286 g/mol. The van der Waals surface area contributed by atoms with Crippen LogP contribution in [0.25, 0.3) is 0 Å².